The number of rotatable bonds is 3. The van der Waals surface area contributed by atoms with Gasteiger partial charge in [0.2, 0.25) is 0 Å². The van der Waals surface area contributed by atoms with Crippen LogP contribution in [0, 0.1) is 0 Å². The van der Waals surface area contributed by atoms with Crippen molar-refractivity contribution in [3.8, 4) is 11.5 Å². The van der Waals surface area contributed by atoms with Gasteiger partial charge in [-0.2, -0.15) is 0 Å². The minimum Gasteiger partial charge on any atom is -0.492 e. The van der Waals surface area contributed by atoms with Crippen LogP contribution >= 0.6 is 0 Å². The van der Waals surface area contributed by atoms with E-state index < -0.39 is 6.10 Å². The number of hydrogen-bond donors (Lipinski definition) is 1. The highest BCUT2D eigenvalue weighted by molar-refractivity contribution is 5.99. The zero-order valence-corrected chi connectivity index (χ0v) is 9.97. The van der Waals surface area contributed by atoms with Crippen molar-refractivity contribution >= 4 is 11.6 Å². The number of nitrogens with zero attached hydrogens (tertiary/aromatic N) is 1. The molecule has 5 nitrogen and oxygen atoms in total. The number of anilines is 1. The van der Waals surface area contributed by atoms with Crippen LogP contribution in [0.25, 0.3) is 0 Å². The van der Waals surface area contributed by atoms with E-state index in [2.05, 4.69) is 0 Å². The fraction of sp³-hybridized carbons (Fsp3) is 0.417. The fourth-order valence-corrected chi connectivity index (χ4v) is 1.76. The first-order valence-electron chi connectivity index (χ1n) is 5.54. The number of ether oxygens (including phenoxy) is 2. The highest BCUT2D eigenvalue weighted by Crippen LogP contribution is 2.35. The molecule has 0 saturated heterocycles. The van der Waals surface area contributed by atoms with Crippen molar-refractivity contribution < 1.29 is 14.3 Å². The number of likely N-dealkylation sites (N-methyl/N-ethyl adjacent to an activating group) is 1. The predicted molar refractivity (Wildman–Crippen MR) is 64.5 cm³/mol. The van der Waals surface area contributed by atoms with Crippen molar-refractivity contribution in [2.24, 2.45) is 5.73 Å². The largest absolute Gasteiger partial charge is 0.492 e. The Hall–Kier alpha value is -1.75. The third-order valence-electron chi connectivity index (χ3n) is 2.66. The smallest absolute Gasteiger partial charge is 0.267 e. The Morgan fingerprint density at radius 1 is 1.53 bits per heavy atom. The van der Waals surface area contributed by atoms with Gasteiger partial charge in [-0.3, -0.25) is 4.79 Å². The highest BCUT2D eigenvalue weighted by atomic mass is 16.5. The molecule has 1 heterocycles. The van der Waals surface area contributed by atoms with Gasteiger partial charge in [-0.05, 0) is 19.1 Å². The van der Waals surface area contributed by atoms with Gasteiger partial charge in [0.1, 0.15) is 18.1 Å². The number of amides is 1. The summed E-state index contributed by atoms with van der Waals surface area (Å²) in [6, 6.07) is 5.40. The number of fused-ring (bicyclic) bond motifs is 1. The van der Waals surface area contributed by atoms with E-state index in [9.17, 15) is 4.79 Å². The van der Waals surface area contributed by atoms with Gasteiger partial charge in [0.05, 0.1) is 5.69 Å². The van der Waals surface area contributed by atoms with Crippen molar-refractivity contribution in [3.63, 3.8) is 0 Å². The Kier molecular flexibility index (Phi) is 3.19. The lowest BCUT2D eigenvalue weighted by Crippen LogP contribution is -2.41. The van der Waals surface area contributed by atoms with Crippen LogP contribution in [0.15, 0.2) is 18.2 Å². The molecule has 1 atom stereocenters. The van der Waals surface area contributed by atoms with E-state index >= 15 is 0 Å². The normalized spacial score (nSPS) is 18.6. The van der Waals surface area contributed by atoms with Gasteiger partial charge in [0, 0.05) is 19.7 Å². The maximum absolute atomic E-state index is 11.8. The van der Waals surface area contributed by atoms with Crippen LogP contribution in [0.3, 0.4) is 0 Å². The van der Waals surface area contributed by atoms with E-state index in [1.54, 1.807) is 31.0 Å². The first kappa shape index (κ1) is 11.7. The number of carbonyl (C=O) groups is 1. The molecule has 5 heteroatoms. The van der Waals surface area contributed by atoms with Gasteiger partial charge < -0.3 is 20.1 Å². The van der Waals surface area contributed by atoms with Crippen molar-refractivity contribution in [3.05, 3.63) is 18.2 Å². The van der Waals surface area contributed by atoms with Crippen molar-refractivity contribution in [1.82, 2.24) is 0 Å². The molecule has 17 heavy (non-hydrogen) atoms. The van der Waals surface area contributed by atoms with Crippen molar-refractivity contribution in [2.45, 2.75) is 13.0 Å². The monoisotopic (exact) mass is 236 g/mol. The summed E-state index contributed by atoms with van der Waals surface area (Å²) in [5, 5.41) is 0. The van der Waals surface area contributed by atoms with Crippen LogP contribution in [-0.4, -0.2) is 32.2 Å². The second-order valence-corrected chi connectivity index (χ2v) is 3.92. The van der Waals surface area contributed by atoms with Gasteiger partial charge in [0.15, 0.2) is 6.10 Å². The summed E-state index contributed by atoms with van der Waals surface area (Å²) in [6.45, 7) is 2.65. The third-order valence-corrected chi connectivity index (χ3v) is 2.66. The van der Waals surface area contributed by atoms with E-state index in [0.29, 0.717) is 24.7 Å². The maximum Gasteiger partial charge on any atom is 0.267 e. The summed E-state index contributed by atoms with van der Waals surface area (Å²) in [6.07, 6.45) is -0.441. The summed E-state index contributed by atoms with van der Waals surface area (Å²) < 4.78 is 10.9. The van der Waals surface area contributed by atoms with Crippen LogP contribution in [0.5, 0.6) is 11.5 Å². The molecule has 1 amide bonds. The van der Waals surface area contributed by atoms with Gasteiger partial charge >= 0.3 is 0 Å². The molecule has 0 aliphatic carbocycles. The average Bonchev–Trinajstić information content (AvgIpc) is 2.34. The van der Waals surface area contributed by atoms with E-state index in [4.69, 9.17) is 15.2 Å². The molecular formula is C12H16N2O3. The van der Waals surface area contributed by atoms with Crippen LogP contribution in [-0.2, 0) is 4.79 Å². The zero-order valence-electron chi connectivity index (χ0n) is 9.97. The Balaban J connectivity index is 2.28. The number of nitrogens with two attached hydrogens (primary N) is 1. The summed E-state index contributed by atoms with van der Waals surface area (Å²) in [4.78, 5) is 13.3. The SMILES string of the molecule is CC1Oc2ccc(OCCN)cc2N(C)C1=O. The second kappa shape index (κ2) is 4.63. The molecule has 0 fully saturated rings. The Bertz CT molecular complexity index is 434. The van der Waals surface area contributed by atoms with Crippen molar-refractivity contribution in [2.75, 3.05) is 25.1 Å². The molecule has 0 radical (unpaired) electrons. The first-order chi connectivity index (χ1) is 8.13. The lowest BCUT2D eigenvalue weighted by molar-refractivity contribution is -0.125. The maximum atomic E-state index is 11.8. The van der Waals surface area contributed by atoms with E-state index in [0.717, 1.165) is 5.69 Å². The standard InChI is InChI=1S/C12H16N2O3/c1-8-12(15)14(2)10-7-9(16-6-5-13)3-4-11(10)17-8/h3-4,7-8H,5-6,13H2,1-2H3. The topological polar surface area (TPSA) is 64.8 Å². The molecule has 2 N–H and O–H groups in total. The first-order valence-corrected chi connectivity index (χ1v) is 5.54. The van der Waals surface area contributed by atoms with Crippen LogP contribution in [0.4, 0.5) is 5.69 Å². The van der Waals surface area contributed by atoms with Crippen LogP contribution in [0.2, 0.25) is 0 Å². The van der Waals surface area contributed by atoms with E-state index in [1.807, 2.05) is 6.07 Å². The predicted octanol–water partition coefficient (Wildman–Crippen LogP) is 0.768. The molecule has 2 rings (SSSR count). The minimum atomic E-state index is -0.441. The molecule has 0 saturated carbocycles. The highest BCUT2D eigenvalue weighted by Gasteiger charge is 2.28. The second-order valence-electron chi connectivity index (χ2n) is 3.92. The Morgan fingerprint density at radius 2 is 2.29 bits per heavy atom. The van der Waals surface area contributed by atoms with Crippen LogP contribution in [0.1, 0.15) is 6.92 Å². The third kappa shape index (κ3) is 2.19. The van der Waals surface area contributed by atoms with E-state index in [1.165, 1.54) is 0 Å². The number of carbonyl (C=O) groups excluding carboxylic acids is 1. The van der Waals surface area contributed by atoms with Gasteiger partial charge in [-0.15, -0.1) is 0 Å². The summed E-state index contributed by atoms with van der Waals surface area (Å²) >= 11 is 0. The molecular weight excluding hydrogens is 220 g/mol. The van der Waals surface area contributed by atoms with E-state index in [-0.39, 0.29) is 5.91 Å². The summed E-state index contributed by atoms with van der Waals surface area (Å²) in [5.74, 6) is 1.32. The molecule has 1 aliphatic heterocycles. The quantitative estimate of drug-likeness (QED) is 0.841. The van der Waals surface area contributed by atoms with Gasteiger partial charge in [-0.1, -0.05) is 0 Å². The average molecular weight is 236 g/mol. The molecule has 0 bridgehead atoms. The van der Waals surface area contributed by atoms with Gasteiger partial charge in [0.25, 0.3) is 5.91 Å². The van der Waals surface area contributed by atoms with Crippen LogP contribution < -0.4 is 20.1 Å². The molecule has 1 aliphatic rings. The van der Waals surface area contributed by atoms with Gasteiger partial charge in [-0.25, -0.2) is 0 Å². The fourth-order valence-electron chi connectivity index (χ4n) is 1.76. The molecule has 1 aromatic carbocycles. The Labute approximate surface area is 100 Å². The molecule has 0 aromatic heterocycles. The molecule has 92 valence electrons. The molecule has 0 spiro atoms. The Morgan fingerprint density at radius 3 is 3.00 bits per heavy atom. The molecule has 1 unspecified atom stereocenters. The summed E-state index contributed by atoms with van der Waals surface area (Å²) in [7, 11) is 1.73. The number of hydrogen-bond acceptors (Lipinski definition) is 4. The van der Waals surface area contributed by atoms with Crippen molar-refractivity contribution in [1.29, 1.82) is 0 Å². The lowest BCUT2D eigenvalue weighted by Gasteiger charge is -2.30. The summed E-state index contributed by atoms with van der Waals surface area (Å²) in [5.41, 5.74) is 6.09. The molecule has 1 aromatic rings. The zero-order chi connectivity index (χ0) is 12.4. The minimum absolute atomic E-state index is 0.0616. The number of benzene rings is 1. The lowest BCUT2D eigenvalue weighted by atomic mass is 10.2.